The topological polar surface area (TPSA) is 88.5 Å². The Labute approximate surface area is 188 Å². The van der Waals surface area contributed by atoms with Crippen molar-refractivity contribution in [1.29, 1.82) is 0 Å². The Kier molecular flexibility index (Phi) is 10.4. The van der Waals surface area contributed by atoms with Gasteiger partial charge in [0.15, 0.2) is 11.6 Å². The third-order valence-corrected chi connectivity index (χ3v) is 4.82. The van der Waals surface area contributed by atoms with Gasteiger partial charge in [0.05, 0.1) is 0 Å². The first-order valence-electron chi connectivity index (χ1n) is 8.39. The summed E-state index contributed by atoms with van der Waals surface area (Å²) in [6.07, 6.45) is 2.04. The molecule has 0 fully saturated rings. The Morgan fingerprint density at radius 2 is 1.37 bits per heavy atom. The third kappa shape index (κ3) is 8.87. The van der Waals surface area contributed by atoms with Crippen molar-refractivity contribution < 1.29 is 33.1 Å². The van der Waals surface area contributed by atoms with Crippen molar-refractivity contribution in [2.24, 2.45) is 0 Å². The Morgan fingerprint density at radius 3 is 1.80 bits per heavy atom. The summed E-state index contributed by atoms with van der Waals surface area (Å²) in [5.41, 5.74) is 0.631. The molecule has 0 saturated carbocycles. The maximum Gasteiger partial charge on any atom is 0.328 e. The average molecular weight is 546 g/mol. The highest BCUT2D eigenvalue weighted by Crippen LogP contribution is 2.20. The zero-order valence-corrected chi connectivity index (χ0v) is 18.8. The number of aliphatic carboxylic acids is 1. The second-order valence-electron chi connectivity index (χ2n) is 5.91. The maximum atomic E-state index is 12.7. The van der Waals surface area contributed by atoms with Crippen LogP contribution in [-0.4, -0.2) is 28.4 Å². The van der Waals surface area contributed by atoms with E-state index >= 15 is 0 Å². The number of halogens is 4. The monoisotopic (exact) mass is 544 g/mol. The van der Waals surface area contributed by atoms with Gasteiger partial charge in [-0.25, -0.2) is 13.6 Å². The summed E-state index contributed by atoms with van der Waals surface area (Å²) >= 11 is 6.12. The fourth-order valence-corrected chi connectivity index (χ4v) is 3.18. The van der Waals surface area contributed by atoms with E-state index in [1.165, 1.54) is 31.2 Å². The van der Waals surface area contributed by atoms with Crippen molar-refractivity contribution in [3.05, 3.63) is 80.3 Å². The average Bonchev–Trinajstić information content (AvgIpc) is 2.64. The summed E-state index contributed by atoms with van der Waals surface area (Å²) in [5.74, 6) is -2.75. The number of carboxylic acid groups (broad SMARTS) is 1. The number of hydrogen-bond donors (Lipinski definition) is 1. The quantitative estimate of drug-likeness (QED) is 0.364. The lowest BCUT2D eigenvalue weighted by atomic mass is 10.1. The van der Waals surface area contributed by atoms with Crippen molar-refractivity contribution in [2.75, 3.05) is 0 Å². The molecule has 0 bridgehead atoms. The van der Waals surface area contributed by atoms with Crippen LogP contribution < -0.4 is 0 Å². The number of rotatable bonds is 7. The summed E-state index contributed by atoms with van der Waals surface area (Å²) in [4.78, 5) is 43.8. The van der Waals surface area contributed by atoms with Gasteiger partial charge in [0.2, 0.25) is 0 Å². The van der Waals surface area contributed by atoms with Gasteiger partial charge in [-0.15, -0.1) is 0 Å². The summed E-state index contributed by atoms with van der Waals surface area (Å²) < 4.78 is 26.1. The molecule has 9 heteroatoms. The van der Waals surface area contributed by atoms with Gasteiger partial charge in [0, 0.05) is 39.0 Å². The Balaban J connectivity index is 0.000000300. The van der Waals surface area contributed by atoms with E-state index in [1.807, 2.05) is 0 Å². The van der Waals surface area contributed by atoms with E-state index in [0.717, 1.165) is 24.3 Å². The number of benzene rings is 2. The maximum absolute atomic E-state index is 12.7. The second kappa shape index (κ2) is 12.2. The lowest BCUT2D eigenvalue weighted by Crippen LogP contribution is -2.03. The van der Waals surface area contributed by atoms with Gasteiger partial charge >= 0.3 is 5.97 Å². The van der Waals surface area contributed by atoms with Gasteiger partial charge in [-0.2, -0.15) is 0 Å². The molecule has 0 aromatic heterocycles. The Bertz CT molecular complexity index is 1000. The molecule has 0 radical (unpaired) electrons. The Hall–Kier alpha value is -2.52. The van der Waals surface area contributed by atoms with E-state index in [2.05, 4.69) is 31.9 Å². The molecule has 0 atom stereocenters. The smallest absolute Gasteiger partial charge is 0.328 e. The number of allylic oxidation sites excluding steroid dienone is 1. The van der Waals surface area contributed by atoms with Gasteiger partial charge in [0.1, 0.15) is 17.4 Å². The van der Waals surface area contributed by atoms with E-state index in [-0.39, 0.29) is 30.0 Å². The van der Waals surface area contributed by atoms with E-state index in [4.69, 9.17) is 5.11 Å². The molecule has 0 unspecified atom stereocenters. The zero-order valence-electron chi connectivity index (χ0n) is 15.6. The van der Waals surface area contributed by atoms with Gasteiger partial charge in [-0.3, -0.25) is 9.59 Å². The molecule has 2 aromatic rings. The SMILES string of the molecule is CC(=O)CCC(=O)c1ccc(F)cc1Br.O=C(O)/C=C/C(=O)c1ccc(F)cc1Br. The van der Waals surface area contributed by atoms with E-state index in [9.17, 15) is 28.0 Å². The van der Waals surface area contributed by atoms with Crippen molar-refractivity contribution in [2.45, 2.75) is 19.8 Å². The fourth-order valence-electron chi connectivity index (χ4n) is 2.07. The molecule has 158 valence electrons. The van der Waals surface area contributed by atoms with E-state index in [0.29, 0.717) is 14.5 Å². The molecule has 0 spiro atoms. The second-order valence-corrected chi connectivity index (χ2v) is 7.62. The predicted octanol–water partition coefficient (Wildman–Crippen LogP) is 5.55. The van der Waals surface area contributed by atoms with Crippen LogP contribution in [0.4, 0.5) is 8.78 Å². The molecule has 0 aliphatic carbocycles. The molecule has 2 rings (SSSR count). The van der Waals surface area contributed by atoms with Gasteiger partial charge in [-0.1, -0.05) is 0 Å². The van der Waals surface area contributed by atoms with Crippen LogP contribution in [0.2, 0.25) is 0 Å². The Morgan fingerprint density at radius 1 is 0.867 bits per heavy atom. The minimum absolute atomic E-state index is 0.0263. The molecule has 0 aliphatic heterocycles. The molecule has 30 heavy (non-hydrogen) atoms. The fraction of sp³-hybridized carbons (Fsp3) is 0.143. The largest absolute Gasteiger partial charge is 0.478 e. The van der Waals surface area contributed by atoms with Crippen molar-refractivity contribution >= 4 is 55.2 Å². The molecule has 0 aliphatic rings. The normalized spacial score (nSPS) is 10.3. The first-order valence-corrected chi connectivity index (χ1v) is 9.98. The van der Waals surface area contributed by atoms with Crippen LogP contribution >= 0.6 is 31.9 Å². The molecular formula is C21H16Br2F2O5. The number of Topliss-reactive ketones (excluding diaryl/α,β-unsaturated/α-hetero) is 2. The minimum atomic E-state index is -1.21. The van der Waals surface area contributed by atoms with Gasteiger partial charge < -0.3 is 9.90 Å². The molecule has 5 nitrogen and oxygen atoms in total. The number of hydrogen-bond acceptors (Lipinski definition) is 4. The van der Waals surface area contributed by atoms with Crippen LogP contribution in [0, 0.1) is 11.6 Å². The van der Waals surface area contributed by atoms with Crippen LogP contribution in [0.1, 0.15) is 40.5 Å². The van der Waals surface area contributed by atoms with Crippen LogP contribution in [-0.2, 0) is 9.59 Å². The first kappa shape index (κ1) is 25.5. The van der Waals surface area contributed by atoms with Gasteiger partial charge in [-0.05, 0) is 81.3 Å². The van der Waals surface area contributed by atoms with Crippen molar-refractivity contribution in [3.8, 4) is 0 Å². The summed E-state index contributed by atoms with van der Waals surface area (Å²) in [6, 6.07) is 7.44. The van der Waals surface area contributed by atoms with Crippen LogP contribution in [0.5, 0.6) is 0 Å². The van der Waals surface area contributed by atoms with E-state index in [1.54, 1.807) is 0 Å². The molecule has 0 heterocycles. The summed E-state index contributed by atoms with van der Waals surface area (Å²) in [5, 5.41) is 8.31. The molecule has 1 N–H and O–H groups in total. The molecular weight excluding hydrogens is 530 g/mol. The standard InChI is InChI=1S/C11H10BrFO2.C10H6BrFO3/c1-7(14)2-5-11(15)9-4-3-8(13)6-10(9)12;11-8-5-6(12)1-2-7(8)9(13)3-4-10(14)15/h3-4,6H,2,5H2,1H3;1-5H,(H,14,15)/b;4-3+. The highest BCUT2D eigenvalue weighted by Gasteiger charge is 2.11. The minimum Gasteiger partial charge on any atom is -0.478 e. The molecule has 2 aromatic carbocycles. The summed E-state index contributed by atoms with van der Waals surface area (Å²) in [6.45, 7) is 1.44. The number of carboxylic acids is 1. The number of carbonyl (C=O) groups excluding carboxylic acids is 3. The van der Waals surface area contributed by atoms with Crippen molar-refractivity contribution in [3.63, 3.8) is 0 Å². The lowest BCUT2D eigenvalue weighted by Gasteiger charge is -2.02. The highest BCUT2D eigenvalue weighted by atomic mass is 79.9. The molecule has 0 saturated heterocycles. The zero-order chi connectivity index (χ0) is 22.8. The van der Waals surface area contributed by atoms with Crippen LogP contribution in [0.15, 0.2) is 57.5 Å². The number of carbonyl (C=O) groups is 4. The lowest BCUT2D eigenvalue weighted by molar-refractivity contribution is -0.131. The first-order chi connectivity index (χ1) is 14.0. The van der Waals surface area contributed by atoms with Crippen molar-refractivity contribution in [1.82, 2.24) is 0 Å². The number of ketones is 3. The molecule has 0 amide bonds. The predicted molar refractivity (Wildman–Crippen MR) is 114 cm³/mol. The highest BCUT2D eigenvalue weighted by molar-refractivity contribution is 9.10. The third-order valence-electron chi connectivity index (χ3n) is 3.51. The van der Waals surface area contributed by atoms with E-state index < -0.39 is 23.4 Å². The van der Waals surface area contributed by atoms with Crippen LogP contribution in [0.3, 0.4) is 0 Å². The van der Waals surface area contributed by atoms with Gasteiger partial charge in [0.25, 0.3) is 0 Å². The summed E-state index contributed by atoms with van der Waals surface area (Å²) in [7, 11) is 0. The van der Waals surface area contributed by atoms with Crippen LogP contribution in [0.25, 0.3) is 0 Å².